The Hall–Kier alpha value is -2.12. The lowest BCUT2D eigenvalue weighted by Crippen LogP contribution is -1.85. The lowest BCUT2D eigenvalue weighted by molar-refractivity contribution is 1.26. The van der Waals surface area contributed by atoms with Crippen LogP contribution in [0.4, 0.5) is 0 Å². The van der Waals surface area contributed by atoms with Crippen molar-refractivity contribution >= 4 is 35.2 Å². The van der Waals surface area contributed by atoms with Crippen molar-refractivity contribution in [1.82, 2.24) is 15.0 Å². The molecule has 0 spiro atoms. The fourth-order valence-corrected chi connectivity index (χ4v) is 3.84. The van der Waals surface area contributed by atoms with E-state index in [1.807, 2.05) is 12.1 Å². The van der Waals surface area contributed by atoms with Gasteiger partial charge < -0.3 is 4.98 Å². The van der Waals surface area contributed by atoms with Gasteiger partial charge in [-0.3, -0.25) is 4.98 Å². The molecule has 2 aromatic carbocycles. The molecule has 26 heavy (non-hydrogen) atoms. The van der Waals surface area contributed by atoms with Crippen LogP contribution >= 0.6 is 35.2 Å². The molecule has 0 saturated heterocycles. The average molecular weight is 469 g/mol. The third kappa shape index (κ3) is 3.41. The average Bonchev–Trinajstić information content (AvgIpc) is 3.07. The Morgan fingerprint density at radius 3 is 2.50 bits per heavy atom. The number of hydrogen-bond acceptors (Lipinski definition) is 3. The maximum Gasteiger partial charge on any atom is 0.139 e. The molecule has 0 aliphatic carbocycles. The molecule has 0 aliphatic heterocycles. The van der Waals surface area contributed by atoms with Crippen LogP contribution in [0.15, 0.2) is 71.9 Å². The third-order valence-corrected chi connectivity index (χ3v) is 5.22. The smallest absolute Gasteiger partial charge is 0.139 e. The molecule has 0 saturated carbocycles. The molecule has 0 atom stereocenters. The van der Waals surface area contributed by atoms with Crippen LogP contribution in [-0.2, 0) is 0 Å². The van der Waals surface area contributed by atoms with Crippen molar-refractivity contribution in [1.29, 1.82) is 0 Å². The highest BCUT2D eigenvalue weighted by molar-refractivity contribution is 14.1. The van der Waals surface area contributed by atoms with Crippen molar-refractivity contribution < 1.29 is 0 Å². The number of thiol groups is 1. The molecule has 0 unspecified atom stereocenters. The number of pyridine rings is 1. The number of aryl methyl sites for hydroxylation is 1. The molecular weight excluding hydrogens is 453 g/mol. The first-order valence-corrected chi connectivity index (χ1v) is 9.71. The summed E-state index contributed by atoms with van der Waals surface area (Å²) in [7, 11) is 0. The van der Waals surface area contributed by atoms with Crippen molar-refractivity contribution in [3.8, 4) is 33.9 Å². The zero-order valence-electron chi connectivity index (χ0n) is 14.1. The Labute approximate surface area is 171 Å². The second-order valence-electron chi connectivity index (χ2n) is 6.08. The second-order valence-corrected chi connectivity index (χ2v) is 7.80. The summed E-state index contributed by atoms with van der Waals surface area (Å²) >= 11 is 6.97. The molecule has 4 rings (SSSR count). The molecular formula is C21H16IN3S. The number of imidazole rings is 1. The predicted molar refractivity (Wildman–Crippen MR) is 117 cm³/mol. The molecule has 5 heteroatoms. The number of H-pyrrole nitrogens is 1. The van der Waals surface area contributed by atoms with Crippen LogP contribution in [0.2, 0.25) is 0 Å². The van der Waals surface area contributed by atoms with Crippen LogP contribution in [0.25, 0.3) is 33.9 Å². The van der Waals surface area contributed by atoms with Crippen molar-refractivity contribution in [3.05, 3.63) is 76.1 Å². The van der Waals surface area contributed by atoms with E-state index in [-0.39, 0.29) is 0 Å². The summed E-state index contributed by atoms with van der Waals surface area (Å²) in [5, 5.41) is 0. The van der Waals surface area contributed by atoms with Gasteiger partial charge >= 0.3 is 0 Å². The summed E-state index contributed by atoms with van der Waals surface area (Å²) in [4.78, 5) is 13.5. The highest BCUT2D eigenvalue weighted by atomic mass is 127. The predicted octanol–water partition coefficient (Wildman–Crippen LogP) is 6.01. The van der Waals surface area contributed by atoms with Crippen molar-refractivity contribution in [2.75, 3.05) is 0 Å². The lowest BCUT2D eigenvalue weighted by Gasteiger charge is -2.03. The number of nitrogens with one attached hydrogen (secondary N) is 1. The largest absolute Gasteiger partial charge is 0.337 e. The Balaban J connectivity index is 1.93. The van der Waals surface area contributed by atoms with Crippen LogP contribution in [-0.4, -0.2) is 15.0 Å². The van der Waals surface area contributed by atoms with E-state index in [4.69, 9.17) is 4.98 Å². The summed E-state index contributed by atoms with van der Waals surface area (Å²) in [6.07, 6.45) is 3.59. The van der Waals surface area contributed by atoms with Gasteiger partial charge in [0.1, 0.15) is 5.82 Å². The quantitative estimate of drug-likeness (QED) is 0.285. The normalized spacial score (nSPS) is 10.9. The number of benzene rings is 2. The van der Waals surface area contributed by atoms with Gasteiger partial charge in [0.2, 0.25) is 0 Å². The van der Waals surface area contributed by atoms with E-state index >= 15 is 0 Å². The molecule has 4 aromatic rings. The molecule has 0 aliphatic rings. The van der Waals surface area contributed by atoms with Crippen LogP contribution in [0.1, 0.15) is 5.56 Å². The number of rotatable bonds is 3. The Morgan fingerprint density at radius 1 is 0.962 bits per heavy atom. The maximum atomic E-state index is 4.93. The fourth-order valence-electron chi connectivity index (χ4n) is 2.91. The van der Waals surface area contributed by atoms with Crippen molar-refractivity contribution in [2.24, 2.45) is 0 Å². The Morgan fingerprint density at radius 2 is 1.77 bits per heavy atom. The number of halogens is 1. The first-order chi connectivity index (χ1) is 12.6. The van der Waals surface area contributed by atoms with Crippen molar-refractivity contribution in [2.45, 2.75) is 11.8 Å². The van der Waals surface area contributed by atoms with Gasteiger partial charge in [0.25, 0.3) is 0 Å². The van der Waals surface area contributed by atoms with E-state index in [0.717, 1.165) is 38.8 Å². The fraction of sp³-hybridized carbons (Fsp3) is 0.0476. The van der Waals surface area contributed by atoms with Gasteiger partial charge in [0.05, 0.1) is 11.4 Å². The van der Waals surface area contributed by atoms with E-state index in [9.17, 15) is 0 Å². The Bertz CT molecular complexity index is 1070. The van der Waals surface area contributed by atoms with Gasteiger partial charge in [-0.1, -0.05) is 18.2 Å². The van der Waals surface area contributed by atoms with Crippen LogP contribution < -0.4 is 0 Å². The minimum absolute atomic E-state index is 0.815. The van der Waals surface area contributed by atoms with E-state index in [0.29, 0.717) is 0 Å². The van der Waals surface area contributed by atoms with Gasteiger partial charge in [-0.05, 0) is 71.5 Å². The topological polar surface area (TPSA) is 41.6 Å². The minimum atomic E-state index is 0.815. The molecule has 3 nitrogen and oxygen atoms in total. The molecule has 2 heterocycles. The van der Waals surface area contributed by atoms with E-state index in [2.05, 4.69) is 94.6 Å². The lowest BCUT2D eigenvalue weighted by atomic mass is 10.1. The number of hydrogen-bond donors (Lipinski definition) is 2. The summed E-state index contributed by atoms with van der Waals surface area (Å²) in [6, 6.07) is 18.5. The van der Waals surface area contributed by atoms with Gasteiger partial charge in [-0.25, -0.2) is 4.98 Å². The third-order valence-electron chi connectivity index (χ3n) is 4.18. The number of aromatic amines is 1. The van der Waals surface area contributed by atoms with Gasteiger partial charge in [0.15, 0.2) is 0 Å². The monoisotopic (exact) mass is 469 g/mol. The first kappa shape index (κ1) is 17.3. The van der Waals surface area contributed by atoms with E-state index in [1.54, 1.807) is 12.4 Å². The molecule has 0 bridgehead atoms. The summed E-state index contributed by atoms with van der Waals surface area (Å²) < 4.78 is 1.18. The maximum absolute atomic E-state index is 4.93. The molecule has 128 valence electrons. The molecule has 0 amide bonds. The molecule has 0 fully saturated rings. The highest BCUT2D eigenvalue weighted by Gasteiger charge is 2.16. The zero-order valence-corrected chi connectivity index (χ0v) is 17.1. The molecule has 1 N–H and O–H groups in total. The molecule has 2 aromatic heterocycles. The van der Waals surface area contributed by atoms with Crippen molar-refractivity contribution in [3.63, 3.8) is 0 Å². The van der Waals surface area contributed by atoms with Gasteiger partial charge in [0, 0.05) is 37.5 Å². The SMILES string of the molecule is Cc1ccc(-c2nc(-c3cccc(I)c3)c(-c3ccncc3)[nH]2)c(S)c1. The molecule has 0 radical (unpaired) electrons. The second kappa shape index (κ2) is 7.25. The summed E-state index contributed by atoms with van der Waals surface area (Å²) in [6.45, 7) is 2.06. The number of nitrogens with zero attached hydrogens (tertiary/aromatic N) is 2. The van der Waals surface area contributed by atoms with Gasteiger partial charge in [-0.15, -0.1) is 12.6 Å². The zero-order chi connectivity index (χ0) is 18.1. The van der Waals surface area contributed by atoms with Crippen LogP contribution in [0.5, 0.6) is 0 Å². The first-order valence-electron chi connectivity index (χ1n) is 8.18. The van der Waals surface area contributed by atoms with Crippen LogP contribution in [0, 0.1) is 10.5 Å². The number of aromatic nitrogens is 3. The van der Waals surface area contributed by atoms with Gasteiger partial charge in [-0.2, -0.15) is 0 Å². The minimum Gasteiger partial charge on any atom is -0.337 e. The summed E-state index contributed by atoms with van der Waals surface area (Å²) in [5.74, 6) is 0.815. The van der Waals surface area contributed by atoms with Crippen LogP contribution in [0.3, 0.4) is 0 Å². The Kier molecular flexibility index (Phi) is 4.82. The highest BCUT2D eigenvalue weighted by Crippen LogP contribution is 2.35. The van der Waals surface area contributed by atoms with E-state index in [1.165, 1.54) is 9.13 Å². The van der Waals surface area contributed by atoms with E-state index < -0.39 is 0 Å². The standard InChI is InChI=1S/C21H16IN3S/c1-13-5-6-17(18(26)11-13)21-24-19(14-7-9-23-10-8-14)20(25-21)15-3-2-4-16(22)12-15/h2-12,26H,1H3,(H,24,25). The summed E-state index contributed by atoms with van der Waals surface area (Å²) in [5.41, 5.74) is 6.22.